The fraction of sp³-hybridized carbons (Fsp3) is 0.316. The number of rotatable bonds is 6. The van der Waals surface area contributed by atoms with E-state index in [4.69, 9.17) is 0 Å². The first-order valence-electron chi connectivity index (χ1n) is 7.99. The third-order valence-electron chi connectivity index (χ3n) is 4.22. The van der Waals surface area contributed by atoms with Gasteiger partial charge in [-0.2, -0.15) is 0 Å². The van der Waals surface area contributed by atoms with Crippen LogP contribution < -0.4 is 0 Å². The summed E-state index contributed by atoms with van der Waals surface area (Å²) in [5.74, 6) is 0.323. The summed E-state index contributed by atoms with van der Waals surface area (Å²) in [5.41, 5.74) is 3.15. The molecule has 0 aliphatic carbocycles. The maximum Gasteiger partial charge on any atom is 0.269 e. The van der Waals surface area contributed by atoms with Crippen LogP contribution in [0.4, 0.5) is 5.69 Å². The van der Waals surface area contributed by atoms with E-state index < -0.39 is 4.92 Å². The number of amides is 1. The molecule has 0 aliphatic rings. The maximum absolute atomic E-state index is 12.5. The van der Waals surface area contributed by atoms with Gasteiger partial charge < -0.3 is 4.90 Å². The van der Waals surface area contributed by atoms with E-state index in [0.717, 1.165) is 16.0 Å². The minimum absolute atomic E-state index is 0.0102. The summed E-state index contributed by atoms with van der Waals surface area (Å²) in [6, 6.07) is 12.4. The fourth-order valence-corrected chi connectivity index (χ4v) is 3.47. The van der Waals surface area contributed by atoms with Crippen molar-refractivity contribution in [3.63, 3.8) is 0 Å². The highest BCUT2D eigenvalue weighted by molar-refractivity contribution is 8.00. The molecule has 0 spiro atoms. The first kappa shape index (κ1) is 19.0. The predicted molar refractivity (Wildman–Crippen MR) is 101 cm³/mol. The average Bonchev–Trinajstić information content (AvgIpc) is 2.59. The first-order valence-corrected chi connectivity index (χ1v) is 8.98. The van der Waals surface area contributed by atoms with E-state index in [0.29, 0.717) is 5.75 Å². The zero-order chi connectivity index (χ0) is 18.6. The van der Waals surface area contributed by atoms with Crippen LogP contribution in [-0.2, 0) is 4.79 Å². The van der Waals surface area contributed by atoms with Crippen LogP contribution in [0.5, 0.6) is 0 Å². The molecule has 0 heterocycles. The summed E-state index contributed by atoms with van der Waals surface area (Å²) < 4.78 is 0. The summed E-state index contributed by atoms with van der Waals surface area (Å²) in [6.07, 6.45) is 0. The van der Waals surface area contributed by atoms with Gasteiger partial charge in [-0.1, -0.05) is 29.8 Å². The summed E-state index contributed by atoms with van der Waals surface area (Å²) in [5, 5.41) is 10.9. The van der Waals surface area contributed by atoms with Gasteiger partial charge in [0.05, 0.1) is 16.7 Å². The number of carbonyl (C=O) groups excluding carboxylic acids is 1. The lowest BCUT2D eigenvalue weighted by Gasteiger charge is -2.25. The van der Waals surface area contributed by atoms with Crippen molar-refractivity contribution in [1.82, 2.24) is 4.90 Å². The molecule has 2 aromatic rings. The van der Waals surface area contributed by atoms with E-state index in [1.165, 1.54) is 29.5 Å². The zero-order valence-corrected chi connectivity index (χ0v) is 15.7. The molecule has 6 heteroatoms. The minimum atomic E-state index is -0.423. The monoisotopic (exact) mass is 358 g/mol. The largest absolute Gasteiger partial charge is 0.338 e. The average molecular weight is 358 g/mol. The fourth-order valence-electron chi connectivity index (χ4n) is 2.54. The van der Waals surface area contributed by atoms with Crippen molar-refractivity contribution in [3.8, 4) is 0 Å². The molecule has 0 radical (unpaired) electrons. The molecule has 0 aromatic heterocycles. The van der Waals surface area contributed by atoms with E-state index in [1.807, 2.05) is 32.9 Å². The van der Waals surface area contributed by atoms with Gasteiger partial charge in [-0.05, 0) is 38.0 Å². The van der Waals surface area contributed by atoms with Crippen LogP contribution in [-0.4, -0.2) is 28.5 Å². The van der Waals surface area contributed by atoms with Crippen molar-refractivity contribution in [3.05, 3.63) is 69.3 Å². The molecule has 0 saturated heterocycles. The van der Waals surface area contributed by atoms with Gasteiger partial charge in [0.1, 0.15) is 0 Å². The molecule has 1 amide bonds. The lowest BCUT2D eigenvalue weighted by atomic mass is 10.1. The number of nitro groups is 1. The molecule has 25 heavy (non-hydrogen) atoms. The quantitative estimate of drug-likeness (QED) is 0.432. The van der Waals surface area contributed by atoms with Gasteiger partial charge in [-0.3, -0.25) is 14.9 Å². The van der Waals surface area contributed by atoms with Crippen molar-refractivity contribution in [2.24, 2.45) is 0 Å². The normalized spacial score (nSPS) is 11.8. The van der Waals surface area contributed by atoms with Crippen molar-refractivity contribution in [2.75, 3.05) is 12.8 Å². The summed E-state index contributed by atoms with van der Waals surface area (Å²) in [7, 11) is 1.73. The van der Waals surface area contributed by atoms with Gasteiger partial charge in [0.25, 0.3) is 5.69 Å². The molecular formula is C19H22N2O3S. The Morgan fingerprint density at radius 2 is 1.96 bits per heavy atom. The SMILES string of the molecule is Cc1ccc(SCC(=O)N(C)[C@@H](C)c2cccc([N+](=O)[O-])c2)c(C)c1. The molecule has 5 nitrogen and oxygen atoms in total. The standard InChI is InChI=1S/C19H22N2O3S/c1-13-8-9-18(14(2)10-13)25-12-19(22)20(4)15(3)16-6-5-7-17(11-16)21(23)24/h5-11,15H,12H2,1-4H3/t15-/m0/s1. The molecule has 0 fully saturated rings. The molecule has 2 aromatic carbocycles. The summed E-state index contributed by atoms with van der Waals surface area (Å²) >= 11 is 1.51. The van der Waals surface area contributed by atoms with Crippen LogP contribution in [0.2, 0.25) is 0 Å². The number of benzene rings is 2. The van der Waals surface area contributed by atoms with E-state index in [9.17, 15) is 14.9 Å². The molecule has 0 N–H and O–H groups in total. The minimum Gasteiger partial charge on any atom is -0.338 e. The van der Waals surface area contributed by atoms with Gasteiger partial charge in [-0.25, -0.2) is 0 Å². The molecular weight excluding hydrogens is 336 g/mol. The Kier molecular flexibility index (Phi) is 6.20. The predicted octanol–water partition coefficient (Wildman–Crippen LogP) is 4.52. The molecule has 2 rings (SSSR count). The Bertz CT molecular complexity index is 792. The van der Waals surface area contributed by atoms with Gasteiger partial charge in [-0.15, -0.1) is 11.8 Å². The van der Waals surface area contributed by atoms with E-state index in [-0.39, 0.29) is 17.6 Å². The van der Waals surface area contributed by atoms with Gasteiger partial charge in [0.2, 0.25) is 5.91 Å². The van der Waals surface area contributed by atoms with Crippen LogP contribution in [0.15, 0.2) is 47.4 Å². The van der Waals surface area contributed by atoms with Crippen molar-refractivity contribution in [1.29, 1.82) is 0 Å². The first-order chi connectivity index (χ1) is 11.8. The molecule has 0 saturated carbocycles. The third-order valence-corrected chi connectivity index (χ3v) is 5.38. The van der Waals surface area contributed by atoms with Crippen LogP contribution >= 0.6 is 11.8 Å². The number of thioether (sulfide) groups is 1. The van der Waals surface area contributed by atoms with Crippen molar-refractivity contribution < 1.29 is 9.72 Å². The van der Waals surface area contributed by atoms with Crippen LogP contribution in [0.1, 0.15) is 29.7 Å². The van der Waals surface area contributed by atoms with Gasteiger partial charge in [0, 0.05) is 24.1 Å². The number of hydrogen-bond donors (Lipinski definition) is 0. The lowest BCUT2D eigenvalue weighted by Crippen LogP contribution is -2.31. The van der Waals surface area contributed by atoms with Gasteiger partial charge >= 0.3 is 0 Å². The summed E-state index contributed by atoms with van der Waals surface area (Å²) in [6.45, 7) is 5.95. The Hall–Kier alpha value is -2.34. The number of nitrogens with zero attached hydrogens (tertiary/aromatic N) is 2. The second kappa shape index (κ2) is 8.16. The van der Waals surface area contributed by atoms with E-state index >= 15 is 0 Å². The number of non-ortho nitro benzene ring substituents is 1. The Morgan fingerprint density at radius 3 is 2.60 bits per heavy atom. The second-order valence-corrected chi connectivity index (χ2v) is 7.11. The topological polar surface area (TPSA) is 63.5 Å². The number of nitro benzene ring substituents is 1. The van der Waals surface area contributed by atoms with Crippen LogP contribution in [0, 0.1) is 24.0 Å². The molecule has 132 valence electrons. The smallest absolute Gasteiger partial charge is 0.269 e. The maximum atomic E-state index is 12.5. The zero-order valence-electron chi connectivity index (χ0n) is 14.9. The third kappa shape index (κ3) is 4.82. The number of carbonyl (C=O) groups is 1. The van der Waals surface area contributed by atoms with Crippen molar-refractivity contribution in [2.45, 2.75) is 31.7 Å². The highest BCUT2D eigenvalue weighted by atomic mass is 32.2. The van der Waals surface area contributed by atoms with Crippen molar-refractivity contribution >= 4 is 23.4 Å². The Labute approximate surface area is 152 Å². The Balaban J connectivity index is 2.03. The molecule has 1 atom stereocenters. The van der Waals surface area contributed by atoms with Gasteiger partial charge in [0.15, 0.2) is 0 Å². The van der Waals surface area contributed by atoms with Crippen LogP contribution in [0.3, 0.4) is 0 Å². The van der Waals surface area contributed by atoms with E-state index in [1.54, 1.807) is 24.1 Å². The number of hydrogen-bond acceptors (Lipinski definition) is 4. The molecule has 0 bridgehead atoms. The van der Waals surface area contributed by atoms with Crippen LogP contribution in [0.25, 0.3) is 0 Å². The molecule has 0 aliphatic heterocycles. The highest BCUT2D eigenvalue weighted by Crippen LogP contribution is 2.26. The second-order valence-electron chi connectivity index (χ2n) is 6.09. The highest BCUT2D eigenvalue weighted by Gasteiger charge is 2.19. The summed E-state index contributed by atoms with van der Waals surface area (Å²) in [4.78, 5) is 25.7. The molecule has 0 unspecified atom stereocenters. The number of aryl methyl sites for hydroxylation is 2. The Morgan fingerprint density at radius 1 is 1.24 bits per heavy atom. The lowest BCUT2D eigenvalue weighted by molar-refractivity contribution is -0.384. The van der Waals surface area contributed by atoms with E-state index in [2.05, 4.69) is 6.07 Å².